The SMILES string of the molecule is Cc1cc(-c2ccc(O)c3c2CC2C[C@H]4C(N)C(=O)C(C(N)=O)=C(O)[C@]45OC5=C2C3=O)on1. The van der Waals surface area contributed by atoms with Gasteiger partial charge in [0.15, 0.2) is 28.8 Å². The van der Waals surface area contributed by atoms with Crippen molar-refractivity contribution in [3.8, 4) is 17.1 Å². The first-order valence-electron chi connectivity index (χ1n) is 10.5. The summed E-state index contributed by atoms with van der Waals surface area (Å²) < 4.78 is 11.2. The lowest BCUT2D eigenvalue weighted by Crippen LogP contribution is -2.55. The van der Waals surface area contributed by atoms with Crippen molar-refractivity contribution in [3.63, 3.8) is 0 Å². The maximum absolute atomic E-state index is 13.6. The van der Waals surface area contributed by atoms with Crippen molar-refractivity contribution in [2.24, 2.45) is 23.3 Å². The number of benzene rings is 1. The van der Waals surface area contributed by atoms with E-state index in [4.69, 9.17) is 20.7 Å². The van der Waals surface area contributed by atoms with Crippen LogP contribution in [0.4, 0.5) is 0 Å². The molecule has 168 valence electrons. The summed E-state index contributed by atoms with van der Waals surface area (Å²) >= 11 is 0. The zero-order valence-corrected chi connectivity index (χ0v) is 17.4. The van der Waals surface area contributed by atoms with E-state index in [1.807, 2.05) is 0 Å². The van der Waals surface area contributed by atoms with E-state index in [9.17, 15) is 24.6 Å². The van der Waals surface area contributed by atoms with E-state index >= 15 is 0 Å². The number of carbonyl (C=O) groups is 3. The largest absolute Gasteiger partial charge is 0.507 e. The Morgan fingerprint density at radius 1 is 1.27 bits per heavy atom. The first-order valence-corrected chi connectivity index (χ1v) is 10.5. The van der Waals surface area contributed by atoms with Gasteiger partial charge < -0.3 is 30.9 Å². The number of hydrogen-bond donors (Lipinski definition) is 4. The third-order valence-corrected chi connectivity index (χ3v) is 7.20. The Bertz CT molecular complexity index is 1380. The summed E-state index contributed by atoms with van der Waals surface area (Å²) in [6.45, 7) is 1.78. The number of hydrogen-bond acceptors (Lipinski definition) is 9. The van der Waals surface area contributed by atoms with Crippen molar-refractivity contribution in [2.75, 3.05) is 0 Å². The predicted molar refractivity (Wildman–Crippen MR) is 111 cm³/mol. The number of amides is 1. The van der Waals surface area contributed by atoms with Crippen molar-refractivity contribution < 1.29 is 33.9 Å². The normalized spacial score (nSPS) is 29.7. The van der Waals surface area contributed by atoms with Crippen LogP contribution < -0.4 is 11.5 Å². The number of ketones is 2. The average Bonchev–Trinajstić information content (AvgIpc) is 3.37. The number of primary amides is 1. The highest BCUT2D eigenvalue weighted by molar-refractivity contribution is 6.22. The molecule has 6 rings (SSSR count). The number of rotatable bonds is 2. The number of nitrogens with zero attached hydrogens (tertiary/aromatic N) is 1. The molecule has 0 saturated carbocycles. The third-order valence-electron chi connectivity index (χ3n) is 7.20. The van der Waals surface area contributed by atoms with Crippen LogP contribution in [0.5, 0.6) is 5.75 Å². The highest BCUT2D eigenvalue weighted by Crippen LogP contribution is 2.64. The molecule has 0 bridgehead atoms. The van der Waals surface area contributed by atoms with Crippen LogP contribution >= 0.6 is 0 Å². The van der Waals surface area contributed by atoms with Gasteiger partial charge in [0.2, 0.25) is 5.60 Å². The topological polar surface area (TPSA) is 182 Å². The molecule has 1 fully saturated rings. The number of phenols is 1. The smallest absolute Gasteiger partial charge is 0.255 e. The van der Waals surface area contributed by atoms with E-state index < -0.39 is 46.4 Å². The number of aliphatic hydroxyl groups excluding tert-OH is 1. The first kappa shape index (κ1) is 19.7. The molecule has 4 atom stereocenters. The zero-order chi connectivity index (χ0) is 23.4. The van der Waals surface area contributed by atoms with E-state index in [-0.39, 0.29) is 29.4 Å². The lowest BCUT2D eigenvalue weighted by molar-refractivity contribution is -0.124. The Hall–Kier alpha value is -3.92. The summed E-state index contributed by atoms with van der Waals surface area (Å²) in [7, 11) is 0. The minimum absolute atomic E-state index is 0.124. The van der Waals surface area contributed by atoms with Gasteiger partial charge in [-0.3, -0.25) is 14.4 Å². The van der Waals surface area contributed by atoms with Crippen molar-refractivity contribution in [2.45, 2.75) is 31.4 Å². The van der Waals surface area contributed by atoms with Gasteiger partial charge in [-0.05, 0) is 43.4 Å². The van der Waals surface area contributed by atoms with Crippen LogP contribution in [0.3, 0.4) is 0 Å². The summed E-state index contributed by atoms with van der Waals surface area (Å²) in [6.07, 6.45) is 0.616. The van der Waals surface area contributed by atoms with Crippen LogP contribution in [-0.4, -0.2) is 44.5 Å². The van der Waals surface area contributed by atoms with Crippen molar-refractivity contribution in [1.82, 2.24) is 5.16 Å². The number of fused-ring (bicyclic) bond motifs is 2. The molecule has 1 amide bonds. The highest BCUT2D eigenvalue weighted by Gasteiger charge is 2.73. The molecule has 2 heterocycles. The quantitative estimate of drug-likeness (QED) is 0.383. The number of aliphatic hydroxyl groups is 1. The molecular weight excluding hydrogens is 430 g/mol. The van der Waals surface area contributed by atoms with Gasteiger partial charge in [0.05, 0.1) is 17.3 Å². The minimum atomic E-state index is -1.51. The number of aromatic hydroxyl groups is 1. The summed E-state index contributed by atoms with van der Waals surface area (Å²) in [5, 5.41) is 25.3. The fourth-order valence-corrected chi connectivity index (χ4v) is 5.71. The molecule has 10 nitrogen and oxygen atoms in total. The molecule has 1 aromatic carbocycles. The Morgan fingerprint density at radius 2 is 2.03 bits per heavy atom. The van der Waals surface area contributed by atoms with E-state index in [2.05, 4.69) is 5.16 Å². The number of Topliss-reactive ketones (excluding diaryl/α,β-unsaturated/α-hetero) is 2. The molecule has 0 radical (unpaired) electrons. The molecule has 10 heteroatoms. The lowest BCUT2D eigenvalue weighted by atomic mass is 9.62. The summed E-state index contributed by atoms with van der Waals surface area (Å²) in [6, 6.07) is 3.71. The van der Waals surface area contributed by atoms with Gasteiger partial charge in [0, 0.05) is 23.1 Å². The number of phenolic OH excluding ortho intramolecular Hbond substituents is 1. The molecular formula is C23H19N3O7. The average molecular weight is 449 g/mol. The third kappa shape index (κ3) is 2.30. The van der Waals surface area contributed by atoms with Crippen LogP contribution in [0.25, 0.3) is 11.3 Å². The van der Waals surface area contributed by atoms with Crippen LogP contribution in [0.1, 0.15) is 28.0 Å². The molecule has 3 aliphatic carbocycles. The highest BCUT2D eigenvalue weighted by atomic mass is 16.6. The fourth-order valence-electron chi connectivity index (χ4n) is 5.71. The van der Waals surface area contributed by atoms with E-state index in [0.717, 1.165) is 0 Å². The van der Waals surface area contributed by atoms with Gasteiger partial charge in [-0.15, -0.1) is 0 Å². The summed E-state index contributed by atoms with van der Waals surface area (Å²) in [4.78, 5) is 38.1. The van der Waals surface area contributed by atoms with Gasteiger partial charge in [0.25, 0.3) is 5.91 Å². The van der Waals surface area contributed by atoms with Crippen LogP contribution in [-0.2, 0) is 20.7 Å². The Balaban J connectivity index is 1.54. The standard InChI is InChI=1S/C23H19N3O7/c1-7-4-13(33-26-7)9-2-3-12(27)15-10(9)5-8-6-11-17(24)19(29)16(22(25)31)20(30)23(11)21(32-23)14(8)18(15)28/h2-4,8,11,17,27,30H,5-6,24H2,1H3,(H2,25,31)/t8?,11-,17?,23+/m0/s1. The van der Waals surface area contributed by atoms with Gasteiger partial charge in [-0.25, -0.2) is 0 Å². The maximum atomic E-state index is 13.6. The number of allylic oxidation sites excluding steroid dienone is 1. The van der Waals surface area contributed by atoms with Crippen molar-refractivity contribution >= 4 is 17.5 Å². The number of carbonyl (C=O) groups excluding carboxylic acids is 3. The second-order valence-corrected chi connectivity index (χ2v) is 8.95. The van der Waals surface area contributed by atoms with Gasteiger partial charge in [-0.1, -0.05) is 5.16 Å². The number of nitrogens with two attached hydrogens (primary N) is 2. The Morgan fingerprint density at radius 3 is 2.70 bits per heavy atom. The molecule has 2 unspecified atom stereocenters. The predicted octanol–water partition coefficient (Wildman–Crippen LogP) is 0.961. The molecule has 1 spiro atoms. The maximum Gasteiger partial charge on any atom is 0.255 e. The van der Waals surface area contributed by atoms with E-state index in [1.165, 1.54) is 6.07 Å². The molecule has 1 saturated heterocycles. The first-order chi connectivity index (χ1) is 15.7. The molecule has 33 heavy (non-hydrogen) atoms. The second-order valence-electron chi connectivity index (χ2n) is 8.95. The van der Waals surface area contributed by atoms with Gasteiger partial charge in [-0.2, -0.15) is 0 Å². The number of epoxide rings is 1. The molecule has 6 N–H and O–H groups in total. The lowest BCUT2D eigenvalue weighted by Gasteiger charge is -2.38. The summed E-state index contributed by atoms with van der Waals surface area (Å²) in [5.74, 6) is -3.46. The van der Waals surface area contributed by atoms with Crippen LogP contribution in [0.15, 0.2) is 45.4 Å². The number of aromatic nitrogens is 1. The molecule has 2 aromatic rings. The monoisotopic (exact) mass is 449 g/mol. The molecule has 1 aromatic heterocycles. The number of aryl methyl sites for hydroxylation is 1. The van der Waals surface area contributed by atoms with E-state index in [0.29, 0.717) is 34.6 Å². The summed E-state index contributed by atoms with van der Waals surface area (Å²) in [5.41, 5.74) is 11.7. The van der Waals surface area contributed by atoms with Crippen molar-refractivity contribution in [3.05, 3.63) is 57.7 Å². The Labute approximate surface area is 186 Å². The van der Waals surface area contributed by atoms with Gasteiger partial charge in [0.1, 0.15) is 11.3 Å². The minimum Gasteiger partial charge on any atom is -0.507 e. The second kappa shape index (κ2) is 6.10. The van der Waals surface area contributed by atoms with Crippen molar-refractivity contribution in [1.29, 1.82) is 0 Å². The van der Waals surface area contributed by atoms with Gasteiger partial charge >= 0.3 is 0 Å². The van der Waals surface area contributed by atoms with Crippen LogP contribution in [0.2, 0.25) is 0 Å². The zero-order valence-electron chi connectivity index (χ0n) is 17.4. The fraction of sp³-hybridized carbons (Fsp3) is 0.304. The molecule has 4 aliphatic rings. The molecule has 1 aliphatic heterocycles. The van der Waals surface area contributed by atoms with Crippen LogP contribution in [0, 0.1) is 18.8 Å². The Kier molecular flexibility index (Phi) is 3.65. The van der Waals surface area contributed by atoms with E-state index in [1.54, 1.807) is 19.1 Å². The number of ether oxygens (including phenoxy) is 1.